The summed E-state index contributed by atoms with van der Waals surface area (Å²) in [6.45, 7) is 3.84. The molecule has 0 unspecified atom stereocenters. The monoisotopic (exact) mass is 398 g/mol. The van der Waals surface area contributed by atoms with E-state index in [1.807, 2.05) is 98.8 Å². The highest BCUT2D eigenvalue weighted by atomic mass is 32.2. The fraction of sp³-hybridized carbons (Fsp3) is 0.0769. The van der Waals surface area contributed by atoms with Crippen molar-refractivity contribution < 1.29 is 10.2 Å². The van der Waals surface area contributed by atoms with E-state index < -0.39 is 0 Å². The quantitative estimate of drug-likeness (QED) is 0.382. The molecule has 0 saturated carbocycles. The van der Waals surface area contributed by atoms with Gasteiger partial charge in [0.2, 0.25) is 0 Å². The molecule has 0 aliphatic heterocycles. The fourth-order valence-corrected chi connectivity index (χ4v) is 4.52. The van der Waals surface area contributed by atoms with Crippen LogP contribution in [0.5, 0.6) is 11.5 Å². The topological polar surface area (TPSA) is 40.5 Å². The first-order valence-electron chi connectivity index (χ1n) is 9.49. The molecular weight excluding hydrogens is 376 g/mol. The molecule has 4 aromatic rings. The third-order valence-corrected chi connectivity index (χ3v) is 5.90. The summed E-state index contributed by atoms with van der Waals surface area (Å²) in [5.74, 6) is 0.625. The average Bonchev–Trinajstić information content (AvgIpc) is 2.74. The maximum Gasteiger partial charge on any atom is 0.126 e. The molecule has 0 heterocycles. The number of benzene rings is 4. The Morgan fingerprint density at radius 1 is 0.552 bits per heavy atom. The van der Waals surface area contributed by atoms with Crippen LogP contribution in [-0.4, -0.2) is 10.2 Å². The van der Waals surface area contributed by atoms with Crippen LogP contribution < -0.4 is 0 Å². The number of aromatic hydroxyl groups is 2. The van der Waals surface area contributed by atoms with Gasteiger partial charge in [0, 0.05) is 20.9 Å². The van der Waals surface area contributed by atoms with E-state index in [-0.39, 0.29) is 0 Å². The minimum atomic E-state index is 0.312. The Hall–Kier alpha value is -3.17. The molecule has 0 atom stereocenters. The van der Waals surface area contributed by atoms with E-state index in [0.29, 0.717) is 11.5 Å². The molecule has 0 spiro atoms. The Kier molecular flexibility index (Phi) is 5.32. The number of rotatable bonds is 4. The molecule has 29 heavy (non-hydrogen) atoms. The predicted molar refractivity (Wildman–Crippen MR) is 121 cm³/mol. The number of aryl methyl sites for hydroxylation is 2. The zero-order chi connectivity index (χ0) is 20.4. The van der Waals surface area contributed by atoms with E-state index in [2.05, 4.69) is 0 Å². The first-order valence-corrected chi connectivity index (χ1v) is 10.3. The Morgan fingerprint density at radius 2 is 0.931 bits per heavy atom. The Morgan fingerprint density at radius 3 is 1.31 bits per heavy atom. The highest BCUT2D eigenvalue weighted by Gasteiger charge is 2.13. The lowest BCUT2D eigenvalue weighted by molar-refractivity contribution is 0.472. The van der Waals surface area contributed by atoms with Crippen molar-refractivity contribution in [3.63, 3.8) is 0 Å². The second kappa shape index (κ2) is 8.06. The van der Waals surface area contributed by atoms with Gasteiger partial charge in [-0.25, -0.2) is 0 Å². The standard InChI is InChI=1S/C26H22O2S/c1-17-13-21(15-23(25(17)27)19-9-5-3-6-10-19)29-22-14-18(2)26(28)24(16-22)20-11-7-4-8-12-20/h3-16,27-28H,1-2H3. The third-order valence-electron chi connectivity index (χ3n) is 4.95. The van der Waals surface area contributed by atoms with Gasteiger partial charge in [-0.2, -0.15) is 0 Å². The largest absolute Gasteiger partial charge is 0.507 e. The van der Waals surface area contributed by atoms with Crippen LogP contribution in [0.25, 0.3) is 22.3 Å². The van der Waals surface area contributed by atoms with Crippen molar-refractivity contribution in [1.29, 1.82) is 0 Å². The highest BCUT2D eigenvalue weighted by molar-refractivity contribution is 7.99. The van der Waals surface area contributed by atoms with Crippen LogP contribution in [0, 0.1) is 13.8 Å². The van der Waals surface area contributed by atoms with Gasteiger partial charge in [-0.05, 0) is 60.4 Å². The lowest BCUT2D eigenvalue weighted by Gasteiger charge is -2.13. The molecule has 0 aromatic heterocycles. The van der Waals surface area contributed by atoms with Crippen molar-refractivity contribution in [3.8, 4) is 33.8 Å². The number of phenolic OH excluding ortho intramolecular Hbond substituents is 2. The minimum absolute atomic E-state index is 0.312. The molecule has 0 aliphatic rings. The van der Waals surface area contributed by atoms with E-state index >= 15 is 0 Å². The smallest absolute Gasteiger partial charge is 0.126 e. The average molecular weight is 399 g/mol. The molecule has 4 aromatic carbocycles. The molecule has 0 radical (unpaired) electrons. The van der Waals surface area contributed by atoms with Crippen LogP contribution in [0.3, 0.4) is 0 Å². The Labute approximate surface area is 175 Å². The van der Waals surface area contributed by atoms with Gasteiger partial charge in [-0.15, -0.1) is 0 Å². The maximum atomic E-state index is 10.6. The molecule has 3 heteroatoms. The van der Waals surface area contributed by atoms with Crippen LogP contribution in [0.4, 0.5) is 0 Å². The minimum Gasteiger partial charge on any atom is -0.507 e. The molecule has 0 amide bonds. The zero-order valence-corrected chi connectivity index (χ0v) is 17.2. The summed E-state index contributed by atoms with van der Waals surface area (Å²) in [6.07, 6.45) is 0. The van der Waals surface area contributed by atoms with Crippen LogP contribution in [-0.2, 0) is 0 Å². The van der Waals surface area contributed by atoms with Crippen LogP contribution in [0.2, 0.25) is 0 Å². The van der Waals surface area contributed by atoms with Crippen LogP contribution in [0.1, 0.15) is 11.1 Å². The number of hydrogen-bond donors (Lipinski definition) is 2. The van der Waals surface area contributed by atoms with E-state index in [1.165, 1.54) is 0 Å². The Bertz CT molecular complexity index is 1060. The number of hydrogen-bond acceptors (Lipinski definition) is 3. The molecule has 0 aliphatic carbocycles. The first-order chi connectivity index (χ1) is 14.0. The normalized spacial score (nSPS) is 10.8. The van der Waals surface area contributed by atoms with E-state index in [1.54, 1.807) is 11.8 Å². The van der Waals surface area contributed by atoms with E-state index in [4.69, 9.17) is 0 Å². The van der Waals surface area contributed by atoms with Crippen molar-refractivity contribution >= 4 is 11.8 Å². The summed E-state index contributed by atoms with van der Waals surface area (Å²) in [5.41, 5.74) is 5.31. The van der Waals surface area contributed by atoms with Gasteiger partial charge in [0.25, 0.3) is 0 Å². The van der Waals surface area contributed by atoms with Gasteiger partial charge in [0.05, 0.1) is 0 Å². The van der Waals surface area contributed by atoms with E-state index in [9.17, 15) is 10.2 Å². The summed E-state index contributed by atoms with van der Waals surface area (Å²) < 4.78 is 0. The molecule has 2 N–H and O–H groups in total. The van der Waals surface area contributed by atoms with Gasteiger partial charge in [-0.3, -0.25) is 0 Å². The van der Waals surface area contributed by atoms with Crippen molar-refractivity contribution in [3.05, 3.63) is 96.1 Å². The van der Waals surface area contributed by atoms with Crippen molar-refractivity contribution in [2.75, 3.05) is 0 Å². The van der Waals surface area contributed by atoms with E-state index in [0.717, 1.165) is 43.2 Å². The third kappa shape index (κ3) is 4.01. The lowest BCUT2D eigenvalue weighted by atomic mass is 10.0. The van der Waals surface area contributed by atoms with Gasteiger partial charge in [0.1, 0.15) is 11.5 Å². The zero-order valence-electron chi connectivity index (χ0n) is 16.4. The molecule has 144 valence electrons. The second-order valence-corrected chi connectivity index (χ2v) is 8.25. The fourth-order valence-electron chi connectivity index (χ4n) is 3.42. The van der Waals surface area contributed by atoms with Crippen molar-refractivity contribution in [1.82, 2.24) is 0 Å². The van der Waals surface area contributed by atoms with Crippen LogP contribution >= 0.6 is 11.8 Å². The summed E-state index contributed by atoms with van der Waals surface area (Å²) >= 11 is 1.63. The summed E-state index contributed by atoms with van der Waals surface area (Å²) in [6, 6.07) is 27.9. The van der Waals surface area contributed by atoms with Crippen LogP contribution in [0.15, 0.2) is 94.7 Å². The van der Waals surface area contributed by atoms with Gasteiger partial charge >= 0.3 is 0 Å². The Balaban J connectivity index is 1.75. The van der Waals surface area contributed by atoms with Crippen molar-refractivity contribution in [2.24, 2.45) is 0 Å². The summed E-state index contributed by atoms with van der Waals surface area (Å²) in [5, 5.41) is 21.1. The number of phenols is 2. The predicted octanol–water partition coefficient (Wildman–Crippen LogP) is 7.20. The molecule has 0 fully saturated rings. The molecule has 0 saturated heterocycles. The first kappa shape index (κ1) is 19.2. The second-order valence-electron chi connectivity index (χ2n) is 7.11. The van der Waals surface area contributed by atoms with Gasteiger partial charge in [-0.1, -0.05) is 72.4 Å². The highest BCUT2D eigenvalue weighted by Crippen LogP contribution is 2.41. The van der Waals surface area contributed by atoms with Gasteiger partial charge < -0.3 is 10.2 Å². The molecular formula is C26H22O2S. The molecule has 0 bridgehead atoms. The summed E-state index contributed by atoms with van der Waals surface area (Å²) in [4.78, 5) is 2.09. The molecule has 2 nitrogen and oxygen atoms in total. The maximum absolute atomic E-state index is 10.6. The van der Waals surface area contributed by atoms with Gasteiger partial charge in [0.15, 0.2) is 0 Å². The van der Waals surface area contributed by atoms with Crippen molar-refractivity contribution in [2.45, 2.75) is 23.6 Å². The SMILES string of the molecule is Cc1cc(Sc2cc(C)c(O)c(-c3ccccc3)c2)cc(-c2ccccc2)c1O. The lowest BCUT2D eigenvalue weighted by Crippen LogP contribution is -1.87. The molecule has 4 rings (SSSR count). The summed E-state index contributed by atoms with van der Waals surface area (Å²) in [7, 11) is 0.